The highest BCUT2D eigenvalue weighted by atomic mass is 32.2. The van der Waals surface area contributed by atoms with Gasteiger partial charge < -0.3 is 4.74 Å². The normalized spacial score (nSPS) is 22.3. The van der Waals surface area contributed by atoms with Crippen LogP contribution in [0.25, 0.3) is 0 Å². The van der Waals surface area contributed by atoms with Gasteiger partial charge in [-0.1, -0.05) is 50.2 Å². The molecule has 26 heavy (non-hydrogen) atoms. The van der Waals surface area contributed by atoms with E-state index in [4.69, 9.17) is 4.74 Å². The number of ketones is 1. The molecule has 0 saturated carbocycles. The second kappa shape index (κ2) is 8.28. The second-order valence-electron chi connectivity index (χ2n) is 6.79. The van der Waals surface area contributed by atoms with E-state index in [1.165, 1.54) is 16.0 Å². The molecule has 4 heteroatoms. The fourth-order valence-corrected chi connectivity index (χ4v) is 4.94. The minimum atomic E-state index is -0.507. The van der Waals surface area contributed by atoms with Crippen molar-refractivity contribution in [2.45, 2.75) is 49.6 Å². The number of rotatable bonds is 6. The third-order valence-electron chi connectivity index (χ3n) is 5.17. The van der Waals surface area contributed by atoms with E-state index in [0.29, 0.717) is 12.2 Å². The number of hydrogen-bond acceptors (Lipinski definition) is 4. The highest BCUT2D eigenvalue weighted by Gasteiger charge is 2.40. The van der Waals surface area contributed by atoms with Crippen molar-refractivity contribution < 1.29 is 9.53 Å². The topological polar surface area (TPSA) is 38.3 Å². The van der Waals surface area contributed by atoms with Crippen molar-refractivity contribution >= 4 is 17.5 Å². The maximum Gasteiger partial charge on any atom is 0.153 e. The lowest BCUT2D eigenvalue weighted by atomic mass is 9.87. The number of methoxy groups -OCH3 is 1. The summed E-state index contributed by atoms with van der Waals surface area (Å²) in [6, 6.07) is 16.6. The minimum Gasteiger partial charge on any atom is -0.497 e. The predicted octanol–water partition coefficient (Wildman–Crippen LogP) is 5.00. The number of ether oxygens (including phenoxy) is 1. The monoisotopic (exact) mass is 369 g/mol. The standard InChI is InChI=1S/C22H27NO2S/c1-4-9-20(24)22(5-2)15-26-19-14-17(25-3)12-13-18(19)21(23-22)16-10-7-6-8-11-16/h6-8,10-14,21,23H,4-5,9,15H2,1-3H3/t21-,22+/m0/s1. The molecule has 0 aromatic heterocycles. The Morgan fingerprint density at radius 1 is 1.23 bits per heavy atom. The van der Waals surface area contributed by atoms with Crippen molar-refractivity contribution in [1.82, 2.24) is 5.32 Å². The van der Waals surface area contributed by atoms with E-state index < -0.39 is 5.54 Å². The predicted molar refractivity (Wildman–Crippen MR) is 108 cm³/mol. The number of fused-ring (bicyclic) bond motifs is 1. The summed E-state index contributed by atoms with van der Waals surface area (Å²) >= 11 is 1.76. The summed E-state index contributed by atoms with van der Waals surface area (Å²) in [5, 5.41) is 3.76. The van der Waals surface area contributed by atoms with Crippen LogP contribution in [0.4, 0.5) is 0 Å². The van der Waals surface area contributed by atoms with Gasteiger partial charge in [0.25, 0.3) is 0 Å². The zero-order valence-electron chi connectivity index (χ0n) is 15.7. The first-order valence-corrected chi connectivity index (χ1v) is 10.3. The average molecular weight is 370 g/mol. The van der Waals surface area contributed by atoms with Crippen molar-refractivity contribution in [2.75, 3.05) is 12.9 Å². The van der Waals surface area contributed by atoms with Gasteiger partial charge in [-0.2, -0.15) is 0 Å². The molecule has 0 spiro atoms. The minimum absolute atomic E-state index is 0.00661. The van der Waals surface area contributed by atoms with Crippen LogP contribution in [0.2, 0.25) is 0 Å². The summed E-state index contributed by atoms with van der Waals surface area (Å²) in [6.45, 7) is 4.18. The molecule has 0 aliphatic carbocycles. The van der Waals surface area contributed by atoms with Gasteiger partial charge in [-0.15, -0.1) is 11.8 Å². The SMILES string of the molecule is CCCC(=O)[C@@]1(CC)CSc2cc(OC)ccc2[C@H](c2ccccc2)N1. The van der Waals surface area contributed by atoms with Crippen molar-refractivity contribution in [3.05, 3.63) is 59.7 Å². The van der Waals surface area contributed by atoms with E-state index in [0.717, 1.165) is 24.3 Å². The Balaban J connectivity index is 2.09. The molecule has 0 saturated heterocycles. The van der Waals surface area contributed by atoms with E-state index in [9.17, 15) is 4.79 Å². The molecule has 2 aromatic carbocycles. The Labute approximate surface area is 160 Å². The molecule has 1 N–H and O–H groups in total. The van der Waals surface area contributed by atoms with Crippen molar-refractivity contribution in [2.24, 2.45) is 0 Å². The third-order valence-corrected chi connectivity index (χ3v) is 6.48. The highest BCUT2D eigenvalue weighted by Crippen LogP contribution is 2.41. The first-order valence-electron chi connectivity index (χ1n) is 9.30. The molecule has 3 nitrogen and oxygen atoms in total. The lowest BCUT2D eigenvalue weighted by Gasteiger charge is -2.34. The first kappa shape index (κ1) is 19.0. The van der Waals surface area contributed by atoms with E-state index in [2.05, 4.69) is 55.6 Å². The molecule has 1 heterocycles. The summed E-state index contributed by atoms with van der Waals surface area (Å²) in [7, 11) is 1.69. The second-order valence-corrected chi connectivity index (χ2v) is 7.81. The maximum atomic E-state index is 13.1. The smallest absolute Gasteiger partial charge is 0.153 e. The molecule has 138 valence electrons. The van der Waals surface area contributed by atoms with E-state index >= 15 is 0 Å². The number of thioether (sulfide) groups is 1. The van der Waals surface area contributed by atoms with E-state index in [1.807, 2.05) is 12.1 Å². The zero-order valence-corrected chi connectivity index (χ0v) is 16.6. The van der Waals surface area contributed by atoms with Gasteiger partial charge in [0.05, 0.1) is 18.7 Å². The van der Waals surface area contributed by atoms with E-state index in [1.54, 1.807) is 18.9 Å². The van der Waals surface area contributed by atoms with Crippen LogP contribution in [0.5, 0.6) is 5.75 Å². The van der Waals surface area contributed by atoms with Gasteiger partial charge in [-0.3, -0.25) is 10.1 Å². The molecule has 0 amide bonds. The number of nitrogens with one attached hydrogen (secondary N) is 1. The van der Waals surface area contributed by atoms with Crippen molar-refractivity contribution in [1.29, 1.82) is 0 Å². The summed E-state index contributed by atoms with van der Waals surface area (Å²) in [5.41, 5.74) is 1.89. The fraction of sp³-hybridized carbons (Fsp3) is 0.409. The molecule has 1 aliphatic rings. The van der Waals surface area contributed by atoms with Crippen LogP contribution in [0.1, 0.15) is 50.3 Å². The molecule has 0 fully saturated rings. The van der Waals surface area contributed by atoms with Gasteiger partial charge in [0.2, 0.25) is 0 Å². The van der Waals surface area contributed by atoms with E-state index in [-0.39, 0.29) is 6.04 Å². The van der Waals surface area contributed by atoms with Crippen LogP contribution in [-0.4, -0.2) is 24.2 Å². The molecule has 2 aromatic rings. The molecule has 0 unspecified atom stereocenters. The van der Waals surface area contributed by atoms with Crippen molar-refractivity contribution in [3.63, 3.8) is 0 Å². The molecule has 0 bridgehead atoms. The number of Topliss-reactive ketones (excluding diaryl/α,β-unsaturated/α-hetero) is 1. The summed E-state index contributed by atoms with van der Waals surface area (Å²) in [4.78, 5) is 14.2. The van der Waals surface area contributed by atoms with Gasteiger partial charge >= 0.3 is 0 Å². The average Bonchev–Trinajstić information content (AvgIpc) is 2.86. The summed E-state index contributed by atoms with van der Waals surface area (Å²) < 4.78 is 5.43. The van der Waals surface area contributed by atoms with Crippen molar-refractivity contribution in [3.8, 4) is 5.75 Å². The number of hydrogen-bond donors (Lipinski definition) is 1. The highest BCUT2D eigenvalue weighted by molar-refractivity contribution is 7.99. The van der Waals surface area contributed by atoms with Crippen LogP contribution in [0, 0.1) is 0 Å². The van der Waals surface area contributed by atoms with Crippen LogP contribution in [0.15, 0.2) is 53.4 Å². The van der Waals surface area contributed by atoms with Gasteiger partial charge in [0, 0.05) is 17.1 Å². The molecular weight excluding hydrogens is 342 g/mol. The third kappa shape index (κ3) is 3.67. The Hall–Kier alpha value is -1.78. The molecular formula is C22H27NO2S. The molecule has 3 rings (SSSR count). The fourth-order valence-electron chi connectivity index (χ4n) is 3.54. The van der Waals surface area contributed by atoms with Gasteiger partial charge in [0.15, 0.2) is 5.78 Å². The van der Waals surface area contributed by atoms with Crippen LogP contribution >= 0.6 is 11.8 Å². The van der Waals surface area contributed by atoms with Gasteiger partial charge in [-0.25, -0.2) is 0 Å². The molecule has 1 aliphatic heterocycles. The zero-order chi connectivity index (χ0) is 18.6. The lowest BCUT2D eigenvalue weighted by molar-refractivity contribution is -0.125. The van der Waals surface area contributed by atoms with Crippen LogP contribution < -0.4 is 10.1 Å². The Morgan fingerprint density at radius 3 is 2.65 bits per heavy atom. The maximum absolute atomic E-state index is 13.1. The number of benzene rings is 2. The van der Waals surface area contributed by atoms with Crippen LogP contribution in [0.3, 0.4) is 0 Å². The lowest BCUT2D eigenvalue weighted by Crippen LogP contribution is -2.54. The summed E-state index contributed by atoms with van der Waals surface area (Å²) in [6.07, 6.45) is 2.28. The van der Waals surface area contributed by atoms with Crippen LogP contribution in [-0.2, 0) is 4.79 Å². The molecule has 2 atom stereocenters. The number of carbonyl (C=O) groups is 1. The Bertz CT molecular complexity index is 762. The first-order chi connectivity index (χ1) is 12.6. The largest absolute Gasteiger partial charge is 0.497 e. The quantitative estimate of drug-likeness (QED) is 0.778. The Kier molecular flexibility index (Phi) is 6.05. The number of carbonyl (C=O) groups excluding carboxylic acids is 1. The van der Waals surface area contributed by atoms with Gasteiger partial charge in [-0.05, 0) is 36.1 Å². The van der Waals surface area contributed by atoms with Gasteiger partial charge in [0.1, 0.15) is 5.75 Å². The molecule has 0 radical (unpaired) electrons. The summed E-state index contributed by atoms with van der Waals surface area (Å²) in [5.74, 6) is 1.91. The Morgan fingerprint density at radius 2 is 2.00 bits per heavy atom.